The van der Waals surface area contributed by atoms with Crippen LogP contribution in [0.15, 0.2) is 17.3 Å². The van der Waals surface area contributed by atoms with E-state index in [9.17, 15) is 9.18 Å². The van der Waals surface area contributed by atoms with E-state index in [4.69, 9.17) is 11.6 Å². The van der Waals surface area contributed by atoms with Crippen molar-refractivity contribution in [1.82, 2.24) is 0 Å². The quantitative estimate of drug-likeness (QED) is 0.504. The second-order valence-corrected chi connectivity index (χ2v) is 1.92. The zero-order valence-corrected chi connectivity index (χ0v) is 5.10. The van der Waals surface area contributed by atoms with Crippen molar-refractivity contribution < 1.29 is 9.18 Å². The van der Waals surface area contributed by atoms with Gasteiger partial charge in [0.1, 0.15) is 5.17 Å². The number of allylic oxidation sites excluding steroid dienone is 1. The number of alkyl halides is 1. The van der Waals surface area contributed by atoms with E-state index in [2.05, 4.69) is 4.99 Å². The van der Waals surface area contributed by atoms with Gasteiger partial charge in [-0.15, -0.1) is 0 Å². The summed E-state index contributed by atoms with van der Waals surface area (Å²) < 4.78 is 12.3. The van der Waals surface area contributed by atoms with Crippen molar-refractivity contribution in [3.8, 4) is 0 Å². The number of hydrogen-bond donors (Lipinski definition) is 0. The molecule has 1 rings (SSSR count). The van der Waals surface area contributed by atoms with Crippen LogP contribution >= 0.6 is 11.6 Å². The summed E-state index contributed by atoms with van der Waals surface area (Å²) in [4.78, 5) is 13.7. The first-order valence-corrected chi connectivity index (χ1v) is 2.67. The molecule has 0 fully saturated rings. The van der Waals surface area contributed by atoms with Gasteiger partial charge in [0.25, 0.3) is 0 Å². The average Bonchev–Trinajstić information content (AvgIpc) is 1.83. The van der Waals surface area contributed by atoms with Crippen LogP contribution in [0, 0.1) is 0 Å². The number of carbonyl (C=O) groups is 1. The maximum atomic E-state index is 12.3. The number of carbonyl (C=O) groups excluding carboxylic acids is 1. The summed E-state index contributed by atoms with van der Waals surface area (Å²) in [5.74, 6) is -0.644. The second-order valence-electron chi connectivity index (χ2n) is 1.53. The summed E-state index contributed by atoms with van der Waals surface area (Å²) in [6.45, 7) is 0. The molecule has 0 aromatic rings. The molecule has 2 nitrogen and oxygen atoms in total. The smallest absolute Gasteiger partial charge is 0.215 e. The Labute approximate surface area is 56.0 Å². The van der Waals surface area contributed by atoms with Gasteiger partial charge >= 0.3 is 0 Å². The molecule has 1 aliphatic heterocycles. The first kappa shape index (κ1) is 6.42. The molecule has 0 amide bonds. The molecule has 1 aliphatic rings. The van der Waals surface area contributed by atoms with E-state index in [1.165, 1.54) is 6.20 Å². The number of nitrogens with zero attached hydrogens (tertiary/aromatic N) is 1. The van der Waals surface area contributed by atoms with Crippen LogP contribution < -0.4 is 0 Å². The molecule has 1 unspecified atom stereocenters. The van der Waals surface area contributed by atoms with E-state index >= 15 is 0 Å². The number of ketones is 1. The van der Waals surface area contributed by atoms with Crippen molar-refractivity contribution in [3.63, 3.8) is 0 Å². The lowest BCUT2D eigenvalue weighted by Gasteiger charge is -2.02. The Balaban J connectivity index is 2.86. The van der Waals surface area contributed by atoms with Crippen molar-refractivity contribution in [1.29, 1.82) is 0 Å². The number of rotatable bonds is 0. The number of aliphatic imine (C=N–C) groups is 1. The van der Waals surface area contributed by atoms with Gasteiger partial charge in [0.05, 0.1) is 0 Å². The largest absolute Gasteiger partial charge is 0.291 e. The maximum Gasteiger partial charge on any atom is 0.215 e. The molecule has 0 aromatic heterocycles. The van der Waals surface area contributed by atoms with Gasteiger partial charge in [0, 0.05) is 12.3 Å². The molecule has 0 N–H and O–H groups in total. The summed E-state index contributed by atoms with van der Waals surface area (Å²) in [5.41, 5.74) is 0. The number of halogens is 2. The van der Waals surface area contributed by atoms with Crippen LogP contribution in [-0.4, -0.2) is 17.1 Å². The predicted octanol–water partition coefficient (Wildman–Crippen LogP) is 1.06. The summed E-state index contributed by atoms with van der Waals surface area (Å²) in [7, 11) is 0. The third kappa shape index (κ3) is 1.16. The Bertz CT molecular complexity index is 199. The van der Waals surface area contributed by atoms with Gasteiger partial charge in [0.2, 0.25) is 6.17 Å². The van der Waals surface area contributed by atoms with Crippen molar-refractivity contribution in [3.05, 3.63) is 12.3 Å². The zero-order chi connectivity index (χ0) is 6.85. The highest BCUT2D eigenvalue weighted by Crippen LogP contribution is 2.07. The molecule has 1 atom stereocenters. The minimum atomic E-state index is -1.74. The van der Waals surface area contributed by atoms with E-state index < -0.39 is 12.0 Å². The third-order valence-corrected chi connectivity index (χ3v) is 1.18. The van der Waals surface area contributed by atoms with Crippen molar-refractivity contribution in [2.75, 3.05) is 0 Å². The SMILES string of the molecule is O=C1C=CN=C(Cl)C1F. The number of hydrogen-bond acceptors (Lipinski definition) is 2. The molecule has 1 heterocycles. The van der Waals surface area contributed by atoms with Gasteiger partial charge in [-0.2, -0.15) is 0 Å². The van der Waals surface area contributed by atoms with Gasteiger partial charge in [-0.1, -0.05) is 11.6 Å². The lowest BCUT2D eigenvalue weighted by molar-refractivity contribution is -0.117. The molecule has 0 saturated carbocycles. The monoisotopic (exact) mass is 147 g/mol. The lowest BCUT2D eigenvalue weighted by atomic mass is 10.2. The molecule has 0 spiro atoms. The van der Waals surface area contributed by atoms with E-state index in [1.54, 1.807) is 0 Å². The van der Waals surface area contributed by atoms with Crippen LogP contribution in [0.4, 0.5) is 4.39 Å². The standard InChI is InChI=1S/C5H3ClFNO/c6-5-4(7)3(9)1-2-8-5/h1-2,4H. The topological polar surface area (TPSA) is 29.4 Å². The fraction of sp³-hybridized carbons (Fsp3) is 0.200. The van der Waals surface area contributed by atoms with E-state index in [1.807, 2.05) is 0 Å². The molecule has 0 radical (unpaired) electrons. The molecule has 9 heavy (non-hydrogen) atoms. The average molecular weight is 148 g/mol. The van der Waals surface area contributed by atoms with Crippen LogP contribution in [0.2, 0.25) is 0 Å². The van der Waals surface area contributed by atoms with Gasteiger partial charge < -0.3 is 0 Å². The van der Waals surface area contributed by atoms with E-state index in [-0.39, 0.29) is 5.17 Å². The van der Waals surface area contributed by atoms with Crippen LogP contribution in [0.1, 0.15) is 0 Å². The van der Waals surface area contributed by atoms with Gasteiger partial charge in [0.15, 0.2) is 5.78 Å². The third-order valence-electron chi connectivity index (χ3n) is 0.896. The Morgan fingerprint density at radius 3 is 2.89 bits per heavy atom. The Hall–Kier alpha value is -0.700. The molecule has 0 aromatic carbocycles. The molecule has 0 saturated heterocycles. The van der Waals surface area contributed by atoms with Crippen molar-refractivity contribution in [2.45, 2.75) is 6.17 Å². The predicted molar refractivity (Wildman–Crippen MR) is 32.3 cm³/mol. The zero-order valence-electron chi connectivity index (χ0n) is 4.34. The highest BCUT2D eigenvalue weighted by molar-refractivity contribution is 6.68. The van der Waals surface area contributed by atoms with Crippen LogP contribution in [0.5, 0.6) is 0 Å². The Morgan fingerprint density at radius 2 is 2.44 bits per heavy atom. The Morgan fingerprint density at radius 1 is 1.78 bits per heavy atom. The normalized spacial score (nSPS) is 26.2. The fourth-order valence-electron chi connectivity index (χ4n) is 0.449. The maximum absolute atomic E-state index is 12.3. The van der Waals surface area contributed by atoms with Crippen LogP contribution in [-0.2, 0) is 4.79 Å². The van der Waals surface area contributed by atoms with E-state index in [0.29, 0.717) is 0 Å². The Kier molecular flexibility index (Phi) is 1.62. The highest BCUT2D eigenvalue weighted by atomic mass is 35.5. The summed E-state index contributed by atoms with van der Waals surface area (Å²) >= 11 is 5.16. The molecule has 4 heteroatoms. The van der Waals surface area contributed by atoms with Gasteiger partial charge in [-0.3, -0.25) is 4.79 Å². The molecule has 0 bridgehead atoms. The first-order valence-electron chi connectivity index (χ1n) is 2.29. The minimum absolute atomic E-state index is 0.289. The molecule has 0 aliphatic carbocycles. The summed E-state index contributed by atoms with van der Waals surface area (Å²) in [5, 5.41) is -0.289. The molecule has 48 valence electrons. The van der Waals surface area contributed by atoms with Gasteiger partial charge in [-0.25, -0.2) is 9.38 Å². The lowest BCUT2D eigenvalue weighted by Crippen LogP contribution is -2.21. The first-order chi connectivity index (χ1) is 4.22. The minimum Gasteiger partial charge on any atom is -0.291 e. The second kappa shape index (κ2) is 2.27. The van der Waals surface area contributed by atoms with Crippen LogP contribution in [0.3, 0.4) is 0 Å². The highest BCUT2D eigenvalue weighted by Gasteiger charge is 2.21. The van der Waals surface area contributed by atoms with Gasteiger partial charge in [-0.05, 0) is 0 Å². The van der Waals surface area contributed by atoms with Crippen molar-refractivity contribution in [2.24, 2.45) is 4.99 Å². The summed E-state index contributed by atoms with van der Waals surface area (Å²) in [6.07, 6.45) is 0.494. The van der Waals surface area contributed by atoms with Crippen LogP contribution in [0.25, 0.3) is 0 Å². The molecular weight excluding hydrogens is 145 g/mol. The molecular formula is C5H3ClFNO. The summed E-state index contributed by atoms with van der Waals surface area (Å²) in [6, 6.07) is 0. The van der Waals surface area contributed by atoms with E-state index in [0.717, 1.165) is 6.08 Å². The fourth-order valence-corrected chi connectivity index (χ4v) is 0.613. The van der Waals surface area contributed by atoms with Crippen molar-refractivity contribution >= 4 is 22.6 Å².